The van der Waals surface area contributed by atoms with E-state index in [1.165, 1.54) is 0 Å². The van der Waals surface area contributed by atoms with E-state index in [2.05, 4.69) is 93.0 Å². The van der Waals surface area contributed by atoms with Crippen LogP contribution in [-0.4, -0.2) is 47.6 Å². The van der Waals surface area contributed by atoms with Crippen LogP contribution in [0.15, 0.2) is 16.3 Å². The van der Waals surface area contributed by atoms with Crippen LogP contribution in [0, 0.1) is 23.2 Å². The van der Waals surface area contributed by atoms with E-state index >= 15 is 0 Å². The minimum atomic E-state index is -1.87. The summed E-state index contributed by atoms with van der Waals surface area (Å²) in [4.78, 5) is 4.96. The highest BCUT2D eigenvalue weighted by Crippen LogP contribution is 2.45. The third-order valence-electron chi connectivity index (χ3n) is 10.1. The van der Waals surface area contributed by atoms with Crippen molar-refractivity contribution < 1.29 is 8.85 Å². The molecule has 2 atom stereocenters. The molecule has 0 aliphatic carbocycles. The Balaban J connectivity index is 2.02. The van der Waals surface area contributed by atoms with Gasteiger partial charge in [-0.1, -0.05) is 55.4 Å². The fourth-order valence-corrected chi connectivity index (χ4v) is 9.43. The lowest BCUT2D eigenvalue weighted by Crippen LogP contribution is -2.47. The lowest BCUT2D eigenvalue weighted by molar-refractivity contribution is 0.240. The molecule has 2 unspecified atom stereocenters. The van der Waals surface area contributed by atoms with Crippen LogP contribution >= 0.6 is 0 Å². The molecule has 2 aliphatic rings. The van der Waals surface area contributed by atoms with E-state index in [-0.39, 0.29) is 22.2 Å². The molecule has 2 rings (SSSR count). The second-order valence-corrected chi connectivity index (χ2v) is 22.7. The van der Waals surface area contributed by atoms with E-state index in [1.807, 2.05) is 0 Å². The predicted octanol–water partition coefficient (Wildman–Crippen LogP) is 7.44. The van der Waals surface area contributed by atoms with Crippen LogP contribution < -0.4 is 5.32 Å². The normalized spacial score (nSPS) is 23.5. The Morgan fingerprint density at radius 1 is 0.943 bits per heavy atom. The van der Waals surface area contributed by atoms with Crippen molar-refractivity contribution in [2.75, 3.05) is 13.2 Å². The maximum absolute atomic E-state index is 10.00. The second-order valence-electron chi connectivity index (χ2n) is 13.5. The first-order valence-electron chi connectivity index (χ1n) is 13.7. The number of nitriles is 1. The Hall–Kier alpha value is -0.946. The average molecular weight is 520 g/mol. The Labute approximate surface area is 218 Å². The van der Waals surface area contributed by atoms with Gasteiger partial charge in [0.05, 0.1) is 30.5 Å². The molecule has 0 spiro atoms. The van der Waals surface area contributed by atoms with Crippen LogP contribution in [0.5, 0.6) is 0 Å². The highest BCUT2D eigenvalue weighted by atomic mass is 28.4. The third kappa shape index (κ3) is 6.68. The van der Waals surface area contributed by atoms with Crippen LogP contribution in [0.4, 0.5) is 0 Å². The summed E-state index contributed by atoms with van der Waals surface area (Å²) in [6, 6.07) is 2.91. The smallest absolute Gasteiger partial charge is 0.192 e. The molecule has 0 aromatic heterocycles. The molecule has 0 saturated carbocycles. The molecule has 1 fully saturated rings. The summed E-state index contributed by atoms with van der Waals surface area (Å²) in [7, 11) is -3.72. The van der Waals surface area contributed by atoms with Gasteiger partial charge in [0.1, 0.15) is 6.07 Å². The Kier molecular flexibility index (Phi) is 9.69. The fraction of sp³-hybridized carbons (Fsp3) is 0.857. The summed E-state index contributed by atoms with van der Waals surface area (Å²) in [5, 5.41) is 14.0. The Morgan fingerprint density at radius 2 is 1.46 bits per heavy atom. The molecule has 35 heavy (non-hydrogen) atoms. The average Bonchev–Trinajstić information content (AvgIpc) is 3.41. The standard InChI is InChI=1S/C28H53N3O2Si2/c1-20(2)27(5,6)34(9,10)32-18-22-13-15-25(30-22)24(17-29)26-16-14-23(31-26)19-33-35(11,12)28(7,8)21(3)4/h20-23,30H,13-16,18-19H2,1-12H3. The number of aliphatic imine (C=N–C) groups is 1. The van der Waals surface area contributed by atoms with Gasteiger partial charge in [-0.15, -0.1) is 0 Å². The largest absolute Gasteiger partial charge is 0.415 e. The van der Waals surface area contributed by atoms with Gasteiger partial charge in [-0.25, -0.2) is 0 Å². The summed E-state index contributed by atoms with van der Waals surface area (Å²) in [5.41, 5.74) is 2.77. The number of nitrogens with one attached hydrogen (secondary N) is 1. The van der Waals surface area contributed by atoms with E-state index in [4.69, 9.17) is 13.8 Å². The SMILES string of the molecule is CC(C)C(C)(C)[Si](C)(C)OCC1CCC(C(C#N)=C2CCC(CO[Si](C)(C)C(C)(C)C(C)C)N2)=N1. The van der Waals surface area contributed by atoms with Crippen LogP contribution in [-0.2, 0) is 8.85 Å². The maximum atomic E-state index is 10.00. The molecule has 200 valence electrons. The molecule has 7 heteroatoms. The van der Waals surface area contributed by atoms with Crippen molar-refractivity contribution in [2.24, 2.45) is 16.8 Å². The first kappa shape index (κ1) is 30.3. The first-order chi connectivity index (χ1) is 16.0. The number of hydrogen-bond acceptors (Lipinski definition) is 5. The molecule has 0 aromatic rings. The van der Waals surface area contributed by atoms with Crippen molar-refractivity contribution in [1.82, 2.24) is 5.32 Å². The molecule has 2 heterocycles. The van der Waals surface area contributed by atoms with Crippen molar-refractivity contribution >= 4 is 22.3 Å². The maximum Gasteiger partial charge on any atom is 0.192 e. The molecule has 0 amide bonds. The van der Waals surface area contributed by atoms with Crippen LogP contribution in [0.25, 0.3) is 0 Å². The van der Waals surface area contributed by atoms with Gasteiger partial charge < -0.3 is 14.2 Å². The quantitative estimate of drug-likeness (QED) is 0.227. The molecule has 1 N–H and O–H groups in total. The number of nitrogens with zero attached hydrogens (tertiary/aromatic N) is 2. The summed E-state index contributed by atoms with van der Waals surface area (Å²) in [6.07, 6.45) is 3.74. The van der Waals surface area contributed by atoms with Crippen molar-refractivity contribution in [3.63, 3.8) is 0 Å². The van der Waals surface area contributed by atoms with E-state index in [9.17, 15) is 5.26 Å². The van der Waals surface area contributed by atoms with Crippen LogP contribution in [0.3, 0.4) is 0 Å². The summed E-state index contributed by atoms with van der Waals surface area (Å²) in [5.74, 6) is 1.17. The topological polar surface area (TPSA) is 66.6 Å². The number of hydrogen-bond donors (Lipinski definition) is 1. The third-order valence-corrected chi connectivity index (χ3v) is 19.3. The molecule has 2 aliphatic heterocycles. The zero-order valence-electron chi connectivity index (χ0n) is 24.8. The van der Waals surface area contributed by atoms with E-state index in [1.54, 1.807) is 0 Å². The second kappa shape index (κ2) is 11.2. The monoisotopic (exact) mass is 519 g/mol. The van der Waals surface area contributed by atoms with Gasteiger partial charge in [0.25, 0.3) is 0 Å². The summed E-state index contributed by atoms with van der Waals surface area (Å²) < 4.78 is 13.1. The molecule has 0 radical (unpaired) electrons. The van der Waals surface area contributed by atoms with Gasteiger partial charge in [0, 0.05) is 11.7 Å². The lowest BCUT2D eigenvalue weighted by Gasteiger charge is -2.43. The van der Waals surface area contributed by atoms with Crippen LogP contribution in [0.2, 0.25) is 36.3 Å². The van der Waals surface area contributed by atoms with Gasteiger partial charge in [-0.05, 0) is 73.8 Å². The Morgan fingerprint density at radius 3 is 1.94 bits per heavy atom. The number of allylic oxidation sites excluding steroid dienone is 2. The van der Waals surface area contributed by atoms with E-state index in [0.29, 0.717) is 25.0 Å². The van der Waals surface area contributed by atoms with Gasteiger partial charge >= 0.3 is 0 Å². The molecular weight excluding hydrogens is 466 g/mol. The predicted molar refractivity (Wildman–Crippen MR) is 154 cm³/mol. The molecule has 0 bridgehead atoms. The fourth-order valence-electron chi connectivity index (χ4n) is 4.68. The zero-order chi connectivity index (χ0) is 26.8. The minimum Gasteiger partial charge on any atom is -0.415 e. The molecular formula is C28H53N3O2Si2. The summed E-state index contributed by atoms with van der Waals surface area (Å²) in [6.45, 7) is 29.2. The van der Waals surface area contributed by atoms with Crippen molar-refractivity contribution in [3.05, 3.63) is 11.3 Å². The lowest BCUT2D eigenvalue weighted by atomic mass is 9.99. The Bertz CT molecular complexity index is 851. The number of rotatable bonds is 11. The highest BCUT2D eigenvalue weighted by Gasteiger charge is 2.45. The minimum absolute atomic E-state index is 0.161. The molecule has 5 nitrogen and oxygen atoms in total. The molecule has 0 aromatic carbocycles. The van der Waals surface area contributed by atoms with Crippen molar-refractivity contribution in [3.8, 4) is 6.07 Å². The highest BCUT2D eigenvalue weighted by molar-refractivity contribution is 6.74. The van der Waals surface area contributed by atoms with Gasteiger partial charge in [0.2, 0.25) is 0 Å². The first-order valence-corrected chi connectivity index (χ1v) is 19.5. The molecule has 1 saturated heterocycles. The van der Waals surface area contributed by atoms with Gasteiger partial charge in [-0.2, -0.15) is 5.26 Å². The van der Waals surface area contributed by atoms with Crippen molar-refractivity contribution in [1.29, 1.82) is 5.26 Å². The van der Waals surface area contributed by atoms with E-state index < -0.39 is 16.6 Å². The van der Waals surface area contributed by atoms with Gasteiger partial charge in [0.15, 0.2) is 16.6 Å². The van der Waals surface area contributed by atoms with Crippen LogP contribution in [0.1, 0.15) is 81.1 Å². The van der Waals surface area contributed by atoms with E-state index in [0.717, 1.165) is 42.7 Å². The summed E-state index contributed by atoms with van der Waals surface area (Å²) >= 11 is 0. The zero-order valence-corrected chi connectivity index (χ0v) is 26.8. The van der Waals surface area contributed by atoms with Gasteiger partial charge in [-0.3, -0.25) is 4.99 Å². The van der Waals surface area contributed by atoms with Crippen molar-refractivity contribution in [2.45, 2.75) is 129 Å².